The van der Waals surface area contributed by atoms with E-state index in [1.165, 1.54) is 6.42 Å². The van der Waals surface area contributed by atoms with Crippen LogP contribution in [0.5, 0.6) is 0 Å². The van der Waals surface area contributed by atoms with Gasteiger partial charge in [-0.25, -0.2) is 4.39 Å². The largest absolute Gasteiger partial charge is 0.381 e. The van der Waals surface area contributed by atoms with Gasteiger partial charge in [-0.1, -0.05) is 18.2 Å². The number of rotatable bonds is 8. The molecule has 1 saturated heterocycles. The first-order valence-electron chi connectivity index (χ1n) is 12.7. The average Bonchev–Trinajstić information content (AvgIpc) is 3.41. The number of anilines is 1. The van der Waals surface area contributed by atoms with E-state index < -0.39 is 6.67 Å². The Morgan fingerprint density at radius 1 is 1.25 bits per heavy atom. The number of halogens is 1. The first-order chi connectivity index (χ1) is 17.5. The van der Waals surface area contributed by atoms with Crippen LogP contribution in [-0.2, 0) is 31.5 Å². The van der Waals surface area contributed by atoms with Crippen LogP contribution in [0.2, 0.25) is 0 Å². The number of nitrogens with one attached hydrogen (secondary N) is 1. The number of alkyl halides is 1. The fourth-order valence-corrected chi connectivity index (χ4v) is 5.72. The molecule has 3 heterocycles. The predicted octanol–water partition coefficient (Wildman–Crippen LogP) is 4.26. The molecule has 36 heavy (non-hydrogen) atoms. The van der Waals surface area contributed by atoms with Gasteiger partial charge in [0.05, 0.1) is 25.7 Å². The minimum atomic E-state index is -0.579. The Bertz CT molecular complexity index is 1300. The summed E-state index contributed by atoms with van der Waals surface area (Å²) in [5.41, 5.74) is 5.02. The SMILES string of the molecule is Cn1cnnc1[C@@H](c1cccc(N2Cc3c(CF)cc(CNC4(C)CCC4)cc3C2=O)c1)C1COC1. The lowest BCUT2D eigenvalue weighted by Gasteiger charge is -2.39. The molecule has 0 unspecified atom stereocenters. The van der Waals surface area contributed by atoms with Crippen molar-refractivity contribution < 1.29 is 13.9 Å². The van der Waals surface area contributed by atoms with Crippen LogP contribution < -0.4 is 10.2 Å². The Morgan fingerprint density at radius 3 is 2.72 bits per heavy atom. The summed E-state index contributed by atoms with van der Waals surface area (Å²) in [6, 6.07) is 11.9. The van der Waals surface area contributed by atoms with E-state index in [0.717, 1.165) is 41.0 Å². The van der Waals surface area contributed by atoms with Gasteiger partial charge in [0, 0.05) is 36.3 Å². The minimum absolute atomic E-state index is 0.0261. The highest BCUT2D eigenvalue weighted by Gasteiger charge is 2.36. The molecule has 0 spiro atoms. The molecular formula is C28H32FN5O2. The maximum atomic E-state index is 14.1. The zero-order valence-electron chi connectivity index (χ0n) is 20.8. The Morgan fingerprint density at radius 2 is 2.08 bits per heavy atom. The first kappa shape index (κ1) is 23.3. The van der Waals surface area contributed by atoms with E-state index >= 15 is 0 Å². The summed E-state index contributed by atoms with van der Waals surface area (Å²) in [4.78, 5) is 15.4. The number of aromatic nitrogens is 3. The summed E-state index contributed by atoms with van der Waals surface area (Å²) in [5, 5.41) is 12.1. The van der Waals surface area contributed by atoms with Gasteiger partial charge in [-0.15, -0.1) is 10.2 Å². The monoisotopic (exact) mass is 489 g/mol. The van der Waals surface area contributed by atoms with E-state index in [0.29, 0.717) is 43.3 Å². The van der Waals surface area contributed by atoms with E-state index in [4.69, 9.17) is 4.74 Å². The minimum Gasteiger partial charge on any atom is -0.381 e. The number of ether oxygens (including phenoxy) is 1. The highest BCUT2D eigenvalue weighted by Crippen LogP contribution is 2.38. The molecule has 1 atom stereocenters. The maximum Gasteiger partial charge on any atom is 0.258 e. The summed E-state index contributed by atoms with van der Waals surface area (Å²) in [7, 11) is 1.95. The summed E-state index contributed by atoms with van der Waals surface area (Å²) < 4.78 is 21.5. The second-order valence-corrected chi connectivity index (χ2v) is 10.7. The lowest BCUT2D eigenvalue weighted by Crippen LogP contribution is -2.47. The number of benzene rings is 2. The standard InChI is InChI=1S/C28H32FN5O2/c1-28(7-4-8-28)30-13-18-9-20(12-29)24-14-34(27(35)23(24)10-18)22-6-3-5-19(11-22)25(21-15-36-16-21)26-32-31-17-33(26)2/h3,5-6,9-11,17,21,25,30H,4,7-8,12-16H2,1-2H3/t25-/m0/s1. The first-order valence-corrected chi connectivity index (χ1v) is 12.7. The third-order valence-electron chi connectivity index (χ3n) is 8.22. The van der Waals surface area contributed by atoms with Gasteiger partial charge < -0.3 is 19.5 Å². The van der Waals surface area contributed by atoms with Gasteiger partial charge in [0.25, 0.3) is 5.91 Å². The zero-order valence-corrected chi connectivity index (χ0v) is 20.8. The molecule has 0 radical (unpaired) electrons. The second kappa shape index (κ2) is 9.09. The smallest absolute Gasteiger partial charge is 0.258 e. The van der Waals surface area contributed by atoms with Crippen LogP contribution in [0, 0.1) is 5.92 Å². The molecule has 188 valence electrons. The van der Waals surface area contributed by atoms with Crippen molar-refractivity contribution in [2.24, 2.45) is 13.0 Å². The number of carbonyl (C=O) groups excluding carboxylic acids is 1. The molecular weight excluding hydrogens is 457 g/mol. The van der Waals surface area contributed by atoms with E-state index in [9.17, 15) is 9.18 Å². The van der Waals surface area contributed by atoms with Gasteiger partial charge in [-0.3, -0.25) is 4.79 Å². The van der Waals surface area contributed by atoms with Crippen molar-refractivity contribution in [1.82, 2.24) is 20.1 Å². The number of hydrogen-bond donors (Lipinski definition) is 1. The predicted molar refractivity (Wildman–Crippen MR) is 134 cm³/mol. The third kappa shape index (κ3) is 4.02. The van der Waals surface area contributed by atoms with Crippen LogP contribution in [-0.4, -0.2) is 39.4 Å². The van der Waals surface area contributed by atoms with Crippen molar-refractivity contribution in [1.29, 1.82) is 0 Å². The van der Waals surface area contributed by atoms with Crippen molar-refractivity contribution in [2.45, 2.75) is 57.4 Å². The van der Waals surface area contributed by atoms with Gasteiger partial charge in [-0.2, -0.15) is 0 Å². The zero-order chi connectivity index (χ0) is 24.9. The Balaban J connectivity index is 1.29. The van der Waals surface area contributed by atoms with Crippen molar-refractivity contribution in [3.8, 4) is 0 Å². The van der Waals surface area contributed by atoms with Crippen molar-refractivity contribution in [3.63, 3.8) is 0 Å². The van der Waals surface area contributed by atoms with E-state index in [1.54, 1.807) is 11.2 Å². The number of aryl methyl sites for hydroxylation is 1. The van der Waals surface area contributed by atoms with Gasteiger partial charge in [0.15, 0.2) is 0 Å². The molecule has 1 saturated carbocycles. The molecule has 1 aliphatic carbocycles. The molecule has 1 aromatic heterocycles. The lowest BCUT2D eigenvalue weighted by atomic mass is 9.78. The second-order valence-electron chi connectivity index (χ2n) is 10.7. The topological polar surface area (TPSA) is 72.3 Å². The Kier molecular flexibility index (Phi) is 5.88. The van der Waals surface area contributed by atoms with Gasteiger partial charge in [-0.05, 0) is 66.6 Å². The van der Waals surface area contributed by atoms with E-state index in [2.05, 4.69) is 34.6 Å². The van der Waals surface area contributed by atoms with Crippen LogP contribution in [0.3, 0.4) is 0 Å². The molecule has 2 fully saturated rings. The van der Waals surface area contributed by atoms with Crippen LogP contribution in [0.1, 0.15) is 70.5 Å². The molecule has 1 amide bonds. The number of nitrogens with zero attached hydrogens (tertiary/aromatic N) is 4. The molecule has 3 aromatic rings. The number of fused-ring (bicyclic) bond motifs is 1. The molecule has 0 bridgehead atoms. The quantitative estimate of drug-likeness (QED) is 0.512. The van der Waals surface area contributed by atoms with Crippen LogP contribution >= 0.6 is 0 Å². The van der Waals surface area contributed by atoms with E-state index in [-0.39, 0.29) is 17.4 Å². The van der Waals surface area contributed by atoms with Crippen LogP contribution in [0.4, 0.5) is 10.1 Å². The van der Waals surface area contributed by atoms with Crippen LogP contribution in [0.15, 0.2) is 42.7 Å². The van der Waals surface area contributed by atoms with Crippen molar-refractivity contribution in [2.75, 3.05) is 18.1 Å². The summed E-state index contributed by atoms with van der Waals surface area (Å²) in [5.74, 6) is 1.14. The molecule has 8 heteroatoms. The number of hydrogen-bond acceptors (Lipinski definition) is 5. The molecule has 2 aromatic carbocycles. The van der Waals surface area contributed by atoms with E-state index in [1.807, 2.05) is 35.9 Å². The Hall–Kier alpha value is -3.10. The lowest BCUT2D eigenvalue weighted by molar-refractivity contribution is -0.0407. The summed E-state index contributed by atoms with van der Waals surface area (Å²) in [6.07, 6.45) is 5.25. The average molecular weight is 490 g/mol. The molecule has 3 aliphatic rings. The number of carbonyl (C=O) groups is 1. The Labute approximate surface area is 210 Å². The van der Waals surface area contributed by atoms with Crippen molar-refractivity contribution >= 4 is 11.6 Å². The van der Waals surface area contributed by atoms with Crippen LogP contribution in [0.25, 0.3) is 0 Å². The summed E-state index contributed by atoms with van der Waals surface area (Å²) in [6.45, 7) is 4.01. The normalized spacial score (nSPS) is 19.6. The fourth-order valence-electron chi connectivity index (χ4n) is 5.72. The molecule has 6 rings (SSSR count). The molecule has 7 nitrogen and oxygen atoms in total. The highest BCUT2D eigenvalue weighted by molar-refractivity contribution is 6.10. The highest BCUT2D eigenvalue weighted by atomic mass is 19.1. The van der Waals surface area contributed by atoms with Gasteiger partial charge in [0.1, 0.15) is 18.8 Å². The third-order valence-corrected chi connectivity index (χ3v) is 8.22. The molecule has 2 aliphatic heterocycles. The van der Waals surface area contributed by atoms with Gasteiger partial charge >= 0.3 is 0 Å². The van der Waals surface area contributed by atoms with Gasteiger partial charge in [0.2, 0.25) is 0 Å². The van der Waals surface area contributed by atoms with Crippen molar-refractivity contribution in [3.05, 3.63) is 76.4 Å². The maximum absolute atomic E-state index is 14.1. The number of amides is 1. The summed E-state index contributed by atoms with van der Waals surface area (Å²) >= 11 is 0. The fraction of sp³-hybridized carbons (Fsp3) is 0.464. The molecule has 1 N–H and O–H groups in total.